The van der Waals surface area contributed by atoms with Crippen LogP contribution in [-0.4, -0.2) is 20.6 Å². The molecule has 4 rings (SSSR count). The van der Waals surface area contributed by atoms with Crippen LogP contribution in [0.15, 0.2) is 66.7 Å². The lowest BCUT2D eigenvalue weighted by Crippen LogP contribution is -2.30. The molecule has 172 valence electrons. The van der Waals surface area contributed by atoms with Gasteiger partial charge in [-0.25, -0.2) is 12.8 Å². The summed E-state index contributed by atoms with van der Waals surface area (Å²) in [5.74, 6) is -0.817. The molecular weight excluding hydrogens is 439 g/mol. The van der Waals surface area contributed by atoms with Crippen molar-refractivity contribution in [1.82, 2.24) is 5.32 Å². The van der Waals surface area contributed by atoms with E-state index in [1.54, 1.807) is 30.3 Å². The molecule has 0 saturated carbocycles. The maximum Gasteiger partial charge on any atom is 0.251 e. The number of nitrogens with zero attached hydrogens (tertiary/aromatic N) is 1. The first kappa shape index (κ1) is 23.0. The lowest BCUT2D eigenvalue weighted by Gasteiger charge is -2.23. The van der Waals surface area contributed by atoms with Crippen LogP contribution >= 0.6 is 0 Å². The van der Waals surface area contributed by atoms with Crippen molar-refractivity contribution in [3.63, 3.8) is 0 Å². The van der Waals surface area contributed by atoms with Gasteiger partial charge in [-0.15, -0.1) is 0 Å². The number of rotatable bonds is 7. The minimum atomic E-state index is -3.70. The lowest BCUT2D eigenvalue weighted by atomic mass is 10.0. The van der Waals surface area contributed by atoms with E-state index in [0.29, 0.717) is 11.1 Å². The van der Waals surface area contributed by atoms with Crippen LogP contribution in [0.2, 0.25) is 0 Å². The third kappa shape index (κ3) is 5.25. The van der Waals surface area contributed by atoms with Crippen LogP contribution in [0, 0.1) is 5.82 Å². The van der Waals surface area contributed by atoms with Crippen LogP contribution in [0.25, 0.3) is 0 Å². The van der Waals surface area contributed by atoms with Crippen LogP contribution in [0.5, 0.6) is 0 Å². The van der Waals surface area contributed by atoms with Crippen LogP contribution in [-0.2, 0) is 29.4 Å². The van der Waals surface area contributed by atoms with E-state index in [0.717, 1.165) is 29.0 Å². The van der Waals surface area contributed by atoms with E-state index in [2.05, 4.69) is 23.5 Å². The maximum atomic E-state index is 14.2. The molecule has 3 aromatic rings. The molecule has 0 spiro atoms. The van der Waals surface area contributed by atoms with E-state index in [1.165, 1.54) is 35.7 Å². The molecule has 0 radical (unpaired) electrons. The lowest BCUT2D eigenvalue weighted by molar-refractivity contribution is 0.0940. The number of carbonyl (C=O) groups excluding carboxylic acids is 1. The highest BCUT2D eigenvalue weighted by molar-refractivity contribution is 7.92. The molecule has 1 atom stereocenters. The monoisotopic (exact) mass is 466 g/mol. The second-order valence-corrected chi connectivity index (χ2v) is 10.4. The van der Waals surface area contributed by atoms with Gasteiger partial charge in [-0.1, -0.05) is 42.5 Å². The van der Waals surface area contributed by atoms with Crippen molar-refractivity contribution in [2.45, 2.75) is 38.8 Å². The molecule has 1 aliphatic rings. The Bertz CT molecular complexity index is 1270. The van der Waals surface area contributed by atoms with Crippen LogP contribution < -0.4 is 9.62 Å². The molecule has 0 unspecified atom stereocenters. The van der Waals surface area contributed by atoms with Crippen molar-refractivity contribution >= 4 is 21.6 Å². The fraction of sp³-hybridized carbons (Fsp3) is 0.269. The highest BCUT2D eigenvalue weighted by Gasteiger charge is 2.21. The standard InChI is InChI=1S/C26H27FN2O3S/c1-18(22-15-14-20-6-5-7-23(20)16-22)28-26(30)21-12-10-19(11-13-21)17-29(33(2,31)32)25-9-4-3-8-24(25)27/h3-4,8-16,18H,5-7,17H2,1-2H3,(H,28,30)/t18-/m1/s1. The first-order chi connectivity index (χ1) is 15.7. The molecule has 1 aliphatic carbocycles. The second-order valence-electron chi connectivity index (χ2n) is 8.49. The van der Waals surface area contributed by atoms with Gasteiger partial charge < -0.3 is 5.32 Å². The summed E-state index contributed by atoms with van der Waals surface area (Å²) < 4.78 is 39.8. The van der Waals surface area contributed by atoms with Gasteiger partial charge in [0.25, 0.3) is 5.91 Å². The zero-order valence-electron chi connectivity index (χ0n) is 18.7. The summed E-state index contributed by atoms with van der Waals surface area (Å²) in [4.78, 5) is 12.8. The summed E-state index contributed by atoms with van der Waals surface area (Å²) in [6.07, 6.45) is 4.43. The first-order valence-electron chi connectivity index (χ1n) is 11.0. The maximum absolute atomic E-state index is 14.2. The molecule has 0 aliphatic heterocycles. The number of nitrogens with one attached hydrogen (secondary N) is 1. The van der Waals surface area contributed by atoms with Crippen molar-refractivity contribution in [1.29, 1.82) is 0 Å². The number of carbonyl (C=O) groups is 1. The van der Waals surface area contributed by atoms with Gasteiger partial charge in [0.2, 0.25) is 10.0 Å². The zero-order chi connectivity index (χ0) is 23.6. The summed E-state index contributed by atoms with van der Waals surface area (Å²) in [5, 5.41) is 3.03. The molecule has 5 nitrogen and oxygen atoms in total. The largest absolute Gasteiger partial charge is 0.346 e. The fourth-order valence-corrected chi connectivity index (χ4v) is 5.08. The quantitative estimate of drug-likeness (QED) is 0.545. The van der Waals surface area contributed by atoms with Crippen LogP contribution in [0.1, 0.15) is 52.0 Å². The highest BCUT2D eigenvalue weighted by Crippen LogP contribution is 2.26. The van der Waals surface area contributed by atoms with Crippen LogP contribution in [0.4, 0.5) is 10.1 Å². The summed E-state index contributed by atoms with van der Waals surface area (Å²) in [7, 11) is -3.70. The normalized spacial score (nSPS) is 13.9. The number of anilines is 1. The third-order valence-electron chi connectivity index (χ3n) is 6.03. The van der Waals surface area contributed by atoms with Crippen molar-refractivity contribution < 1.29 is 17.6 Å². The van der Waals surface area contributed by atoms with Gasteiger partial charge in [-0.3, -0.25) is 9.10 Å². The van der Waals surface area contributed by atoms with Gasteiger partial charge >= 0.3 is 0 Å². The fourth-order valence-electron chi connectivity index (χ4n) is 4.19. The average molecular weight is 467 g/mol. The third-order valence-corrected chi connectivity index (χ3v) is 7.16. The average Bonchev–Trinajstić information content (AvgIpc) is 3.25. The summed E-state index contributed by atoms with van der Waals surface area (Å²) in [5.41, 5.74) is 4.95. The Morgan fingerprint density at radius 1 is 1.03 bits per heavy atom. The van der Waals surface area contributed by atoms with Crippen molar-refractivity contribution in [3.8, 4) is 0 Å². The minimum Gasteiger partial charge on any atom is -0.346 e. The van der Waals surface area contributed by atoms with Crippen molar-refractivity contribution in [2.75, 3.05) is 10.6 Å². The Labute approximate surface area is 194 Å². The van der Waals surface area contributed by atoms with E-state index in [1.807, 2.05) is 6.92 Å². The molecule has 33 heavy (non-hydrogen) atoms. The highest BCUT2D eigenvalue weighted by atomic mass is 32.2. The molecule has 0 heterocycles. The van der Waals surface area contributed by atoms with Crippen molar-refractivity contribution in [3.05, 3.63) is 100 Å². The van der Waals surface area contributed by atoms with Gasteiger partial charge in [0, 0.05) is 5.56 Å². The minimum absolute atomic E-state index is 0.00927. The first-order valence-corrected chi connectivity index (χ1v) is 12.8. The SMILES string of the molecule is C[C@@H](NC(=O)c1ccc(CN(c2ccccc2F)S(C)(=O)=O)cc1)c1ccc2c(c1)CCC2. The second kappa shape index (κ2) is 9.35. The summed E-state index contributed by atoms with van der Waals surface area (Å²) in [6.45, 7) is 1.93. The van der Waals surface area contributed by atoms with Gasteiger partial charge in [0.05, 0.1) is 24.5 Å². The van der Waals surface area contributed by atoms with Gasteiger partial charge in [-0.05, 0) is 72.7 Å². The van der Waals surface area contributed by atoms with Gasteiger partial charge in [0.1, 0.15) is 5.82 Å². The summed E-state index contributed by atoms with van der Waals surface area (Å²) >= 11 is 0. The van der Waals surface area contributed by atoms with E-state index in [9.17, 15) is 17.6 Å². The number of sulfonamides is 1. The Morgan fingerprint density at radius 3 is 2.42 bits per heavy atom. The number of halogens is 1. The topological polar surface area (TPSA) is 66.5 Å². The summed E-state index contributed by atoms with van der Waals surface area (Å²) in [6, 6.07) is 18.7. The van der Waals surface area contributed by atoms with E-state index < -0.39 is 15.8 Å². The molecule has 1 amide bonds. The van der Waals surface area contributed by atoms with E-state index >= 15 is 0 Å². The predicted molar refractivity (Wildman–Crippen MR) is 128 cm³/mol. The molecule has 0 aromatic heterocycles. The number of para-hydroxylation sites is 1. The van der Waals surface area contributed by atoms with E-state index in [-0.39, 0.29) is 24.2 Å². The van der Waals surface area contributed by atoms with E-state index in [4.69, 9.17) is 0 Å². The van der Waals surface area contributed by atoms with Gasteiger partial charge in [0.15, 0.2) is 0 Å². The zero-order valence-corrected chi connectivity index (χ0v) is 19.5. The Hall–Kier alpha value is -3.19. The molecular formula is C26H27FN2O3S. The molecule has 3 aromatic carbocycles. The van der Waals surface area contributed by atoms with Gasteiger partial charge in [-0.2, -0.15) is 0 Å². The number of fused-ring (bicyclic) bond motifs is 1. The Balaban J connectivity index is 1.46. The Morgan fingerprint density at radius 2 is 1.73 bits per heavy atom. The number of benzene rings is 3. The predicted octanol–water partition coefficient (Wildman–Crippen LogP) is 4.77. The number of hydrogen-bond donors (Lipinski definition) is 1. The Kier molecular flexibility index (Phi) is 6.51. The molecule has 7 heteroatoms. The number of amides is 1. The molecule has 0 fully saturated rings. The number of hydrogen-bond acceptors (Lipinski definition) is 3. The molecule has 1 N–H and O–H groups in total. The van der Waals surface area contributed by atoms with Crippen LogP contribution in [0.3, 0.4) is 0 Å². The molecule has 0 bridgehead atoms. The number of aryl methyl sites for hydroxylation is 2. The van der Waals surface area contributed by atoms with Crippen molar-refractivity contribution in [2.24, 2.45) is 0 Å². The smallest absolute Gasteiger partial charge is 0.251 e. The molecule has 0 saturated heterocycles.